The fourth-order valence-electron chi connectivity index (χ4n) is 1.40. The molecule has 0 radical (unpaired) electrons. The lowest BCUT2D eigenvalue weighted by Gasteiger charge is -2.16. The van der Waals surface area contributed by atoms with Gasteiger partial charge in [-0.05, 0) is 25.5 Å². The van der Waals surface area contributed by atoms with Crippen LogP contribution in [0.3, 0.4) is 0 Å². The standard InChI is InChI=1S/C13H20N2O4/c1-3-10(2)14-8-12(16)9-19-13-6-4-11(5-7-13)15(17)18/h4-7,10,12,14,16H,3,8-9H2,1-2H3/t10-,12+/m0/s1. The molecule has 0 saturated heterocycles. The molecular formula is C13H20N2O4. The first-order valence-electron chi connectivity index (χ1n) is 6.31. The molecule has 0 amide bonds. The van der Waals surface area contributed by atoms with Crippen LogP contribution in [0.5, 0.6) is 5.75 Å². The molecule has 6 nitrogen and oxygen atoms in total. The second-order valence-electron chi connectivity index (χ2n) is 4.43. The van der Waals surface area contributed by atoms with Crippen LogP contribution in [-0.2, 0) is 0 Å². The van der Waals surface area contributed by atoms with Crippen LogP contribution in [0.15, 0.2) is 24.3 Å². The number of ether oxygens (including phenoxy) is 1. The SMILES string of the molecule is CC[C@H](C)NC[C@@H](O)COc1ccc([N+](=O)[O-])cc1. The maximum Gasteiger partial charge on any atom is 0.269 e. The van der Waals surface area contributed by atoms with E-state index < -0.39 is 11.0 Å². The zero-order chi connectivity index (χ0) is 14.3. The van der Waals surface area contributed by atoms with Gasteiger partial charge in [0.15, 0.2) is 0 Å². The fourth-order valence-corrected chi connectivity index (χ4v) is 1.40. The molecule has 0 unspecified atom stereocenters. The fraction of sp³-hybridized carbons (Fsp3) is 0.538. The molecule has 0 saturated carbocycles. The second kappa shape index (κ2) is 7.70. The first-order valence-corrected chi connectivity index (χ1v) is 6.31. The molecular weight excluding hydrogens is 248 g/mol. The summed E-state index contributed by atoms with van der Waals surface area (Å²) in [6.45, 7) is 4.73. The number of hydrogen-bond acceptors (Lipinski definition) is 5. The quantitative estimate of drug-likeness (QED) is 0.554. The highest BCUT2D eigenvalue weighted by Gasteiger charge is 2.08. The average Bonchev–Trinajstić information content (AvgIpc) is 2.42. The number of benzene rings is 1. The van der Waals surface area contributed by atoms with E-state index in [2.05, 4.69) is 12.2 Å². The third-order valence-corrected chi connectivity index (χ3v) is 2.80. The van der Waals surface area contributed by atoms with Crippen molar-refractivity contribution in [1.82, 2.24) is 5.32 Å². The lowest BCUT2D eigenvalue weighted by atomic mass is 10.2. The number of nitro benzene ring substituents is 1. The topological polar surface area (TPSA) is 84.6 Å². The van der Waals surface area contributed by atoms with Crippen molar-refractivity contribution in [3.05, 3.63) is 34.4 Å². The molecule has 106 valence electrons. The van der Waals surface area contributed by atoms with Gasteiger partial charge in [0.25, 0.3) is 5.69 Å². The zero-order valence-corrected chi connectivity index (χ0v) is 11.2. The van der Waals surface area contributed by atoms with E-state index in [1.165, 1.54) is 24.3 Å². The smallest absolute Gasteiger partial charge is 0.269 e. The van der Waals surface area contributed by atoms with E-state index in [-0.39, 0.29) is 12.3 Å². The number of rotatable bonds is 8. The predicted molar refractivity (Wildman–Crippen MR) is 72.4 cm³/mol. The Morgan fingerprint density at radius 3 is 2.58 bits per heavy atom. The summed E-state index contributed by atoms with van der Waals surface area (Å²) in [7, 11) is 0. The van der Waals surface area contributed by atoms with Gasteiger partial charge in [0.05, 0.1) is 4.92 Å². The highest BCUT2D eigenvalue weighted by Crippen LogP contribution is 2.17. The van der Waals surface area contributed by atoms with Crippen LogP contribution in [0.25, 0.3) is 0 Å². The third kappa shape index (κ3) is 5.67. The highest BCUT2D eigenvalue weighted by atomic mass is 16.6. The minimum absolute atomic E-state index is 0.0198. The molecule has 0 aliphatic heterocycles. The Morgan fingerprint density at radius 2 is 2.05 bits per heavy atom. The van der Waals surface area contributed by atoms with Gasteiger partial charge in [-0.2, -0.15) is 0 Å². The molecule has 1 aromatic carbocycles. The zero-order valence-electron chi connectivity index (χ0n) is 11.2. The summed E-state index contributed by atoms with van der Waals surface area (Å²) in [6, 6.07) is 6.15. The average molecular weight is 268 g/mol. The first kappa shape index (κ1) is 15.4. The highest BCUT2D eigenvalue weighted by molar-refractivity contribution is 5.35. The molecule has 0 fully saturated rings. The van der Waals surface area contributed by atoms with Crippen LogP contribution >= 0.6 is 0 Å². The number of nitrogens with one attached hydrogen (secondary N) is 1. The van der Waals surface area contributed by atoms with E-state index in [4.69, 9.17) is 4.74 Å². The van der Waals surface area contributed by atoms with Crippen LogP contribution < -0.4 is 10.1 Å². The monoisotopic (exact) mass is 268 g/mol. The molecule has 6 heteroatoms. The minimum Gasteiger partial charge on any atom is -0.491 e. The summed E-state index contributed by atoms with van der Waals surface area (Å²) in [5.74, 6) is 0.508. The maximum absolute atomic E-state index is 10.5. The van der Waals surface area contributed by atoms with Crippen molar-refractivity contribution in [1.29, 1.82) is 0 Å². The van der Waals surface area contributed by atoms with E-state index in [1.54, 1.807) is 0 Å². The van der Waals surface area contributed by atoms with E-state index >= 15 is 0 Å². The van der Waals surface area contributed by atoms with Gasteiger partial charge < -0.3 is 15.2 Å². The summed E-state index contributed by atoms with van der Waals surface area (Å²) in [6.07, 6.45) is 0.389. The maximum atomic E-state index is 10.5. The summed E-state index contributed by atoms with van der Waals surface area (Å²) in [5, 5.41) is 23.3. The van der Waals surface area contributed by atoms with Gasteiger partial charge in [0, 0.05) is 24.7 Å². The van der Waals surface area contributed by atoms with Gasteiger partial charge in [-0.25, -0.2) is 0 Å². The third-order valence-electron chi connectivity index (χ3n) is 2.80. The van der Waals surface area contributed by atoms with Crippen molar-refractivity contribution in [2.24, 2.45) is 0 Å². The summed E-state index contributed by atoms with van der Waals surface area (Å²) in [4.78, 5) is 10.0. The lowest BCUT2D eigenvalue weighted by Crippen LogP contribution is -2.36. The molecule has 0 aromatic heterocycles. The Hall–Kier alpha value is -1.66. The van der Waals surface area contributed by atoms with Crippen LogP contribution in [0.4, 0.5) is 5.69 Å². The van der Waals surface area contributed by atoms with E-state index in [0.717, 1.165) is 6.42 Å². The summed E-state index contributed by atoms with van der Waals surface area (Å²) >= 11 is 0. The molecule has 0 spiro atoms. The number of nitrogens with zero attached hydrogens (tertiary/aromatic N) is 1. The molecule has 0 aliphatic carbocycles. The van der Waals surface area contributed by atoms with E-state index in [1.807, 2.05) is 6.92 Å². The normalized spacial score (nSPS) is 13.8. The summed E-state index contributed by atoms with van der Waals surface area (Å²) < 4.78 is 5.36. The van der Waals surface area contributed by atoms with Gasteiger partial charge in [-0.3, -0.25) is 10.1 Å². The Morgan fingerprint density at radius 1 is 1.42 bits per heavy atom. The van der Waals surface area contributed by atoms with E-state index in [0.29, 0.717) is 18.3 Å². The van der Waals surface area contributed by atoms with Crippen molar-refractivity contribution < 1.29 is 14.8 Å². The van der Waals surface area contributed by atoms with Gasteiger partial charge in [-0.15, -0.1) is 0 Å². The molecule has 1 rings (SSSR count). The number of aliphatic hydroxyl groups excluding tert-OH is 1. The molecule has 0 heterocycles. The molecule has 19 heavy (non-hydrogen) atoms. The van der Waals surface area contributed by atoms with E-state index in [9.17, 15) is 15.2 Å². The largest absolute Gasteiger partial charge is 0.491 e. The Kier molecular flexibility index (Phi) is 6.24. The van der Waals surface area contributed by atoms with Crippen molar-refractivity contribution in [3.8, 4) is 5.75 Å². The van der Waals surface area contributed by atoms with Crippen LogP contribution in [0.1, 0.15) is 20.3 Å². The molecule has 2 N–H and O–H groups in total. The lowest BCUT2D eigenvalue weighted by molar-refractivity contribution is -0.384. The predicted octanol–water partition coefficient (Wildman–Crippen LogP) is 1.72. The number of hydrogen-bond donors (Lipinski definition) is 2. The second-order valence-corrected chi connectivity index (χ2v) is 4.43. The van der Waals surface area contributed by atoms with Gasteiger partial charge in [0.2, 0.25) is 0 Å². The van der Waals surface area contributed by atoms with Gasteiger partial charge in [0.1, 0.15) is 18.5 Å². The van der Waals surface area contributed by atoms with Crippen molar-refractivity contribution in [2.75, 3.05) is 13.2 Å². The van der Waals surface area contributed by atoms with Gasteiger partial charge >= 0.3 is 0 Å². The van der Waals surface area contributed by atoms with Crippen molar-refractivity contribution in [2.45, 2.75) is 32.4 Å². The van der Waals surface area contributed by atoms with Crippen LogP contribution in [0.2, 0.25) is 0 Å². The van der Waals surface area contributed by atoms with Crippen molar-refractivity contribution >= 4 is 5.69 Å². The Labute approximate surface area is 112 Å². The molecule has 2 atom stereocenters. The number of nitro groups is 1. The van der Waals surface area contributed by atoms with Gasteiger partial charge in [-0.1, -0.05) is 6.92 Å². The molecule has 1 aromatic rings. The molecule has 0 aliphatic rings. The Bertz CT molecular complexity index is 394. The number of aliphatic hydroxyl groups is 1. The van der Waals surface area contributed by atoms with Crippen LogP contribution in [0, 0.1) is 10.1 Å². The summed E-state index contributed by atoms with van der Waals surface area (Å²) in [5.41, 5.74) is 0.0198. The van der Waals surface area contributed by atoms with Crippen molar-refractivity contribution in [3.63, 3.8) is 0 Å². The van der Waals surface area contributed by atoms with Crippen LogP contribution in [-0.4, -0.2) is 35.3 Å². The first-order chi connectivity index (χ1) is 9.02. The Balaban J connectivity index is 2.33. The number of non-ortho nitro benzene ring substituents is 1. The molecule has 0 bridgehead atoms. The minimum atomic E-state index is -0.607.